The van der Waals surface area contributed by atoms with E-state index in [9.17, 15) is 0 Å². The average molecular weight is 303 g/mol. The lowest BCUT2D eigenvalue weighted by molar-refractivity contribution is 0.722. The summed E-state index contributed by atoms with van der Waals surface area (Å²) in [5.41, 5.74) is 5.71. The van der Waals surface area contributed by atoms with Crippen molar-refractivity contribution in [3.63, 3.8) is 0 Å². The Kier molecular flexibility index (Phi) is 3.72. The van der Waals surface area contributed by atoms with E-state index in [0.29, 0.717) is 5.88 Å². The molecule has 0 bridgehead atoms. The second-order valence-corrected chi connectivity index (χ2v) is 5.69. The summed E-state index contributed by atoms with van der Waals surface area (Å²) in [5, 5.41) is 4.50. The van der Waals surface area contributed by atoms with Crippen LogP contribution in [-0.2, 0) is 20.0 Å². The average Bonchev–Trinajstić information content (AvgIpc) is 2.92. The summed E-state index contributed by atoms with van der Waals surface area (Å²) in [6.45, 7) is 4.95. The van der Waals surface area contributed by atoms with Crippen molar-refractivity contribution in [2.75, 3.05) is 5.88 Å². The van der Waals surface area contributed by atoms with Crippen molar-refractivity contribution < 1.29 is 0 Å². The molecular weight excluding hydrogens is 284 g/mol. The number of fused-ring (bicyclic) bond motifs is 1. The summed E-state index contributed by atoms with van der Waals surface area (Å²) >= 11 is 5.94. The Morgan fingerprint density at radius 3 is 2.62 bits per heavy atom. The number of aromatic nitrogens is 4. The van der Waals surface area contributed by atoms with Gasteiger partial charge in [-0.2, -0.15) is 5.10 Å². The molecule has 3 rings (SSSR count). The van der Waals surface area contributed by atoms with E-state index in [-0.39, 0.29) is 0 Å². The Balaban J connectivity index is 2.12. The maximum atomic E-state index is 5.94. The third-order valence-electron chi connectivity index (χ3n) is 4.03. The fourth-order valence-corrected chi connectivity index (χ4v) is 2.95. The molecule has 5 heteroatoms. The molecule has 0 saturated carbocycles. The fourth-order valence-electron chi connectivity index (χ4n) is 2.78. The first-order valence-corrected chi connectivity index (χ1v) is 7.64. The molecule has 0 saturated heterocycles. The van der Waals surface area contributed by atoms with E-state index in [1.54, 1.807) is 0 Å². The first kappa shape index (κ1) is 14.1. The predicted molar refractivity (Wildman–Crippen MR) is 85.9 cm³/mol. The molecule has 0 radical (unpaired) electrons. The largest absolute Gasteiger partial charge is 0.323 e. The van der Waals surface area contributed by atoms with Gasteiger partial charge in [0.1, 0.15) is 5.82 Å². The Hall–Kier alpha value is -1.81. The van der Waals surface area contributed by atoms with Gasteiger partial charge in [0, 0.05) is 30.6 Å². The first-order chi connectivity index (χ1) is 10.1. The van der Waals surface area contributed by atoms with E-state index >= 15 is 0 Å². The molecular formula is C16H19ClN4. The number of nitrogens with zero attached hydrogens (tertiary/aromatic N) is 4. The normalized spacial score (nSPS) is 11.4. The molecule has 0 aliphatic rings. The Labute approximate surface area is 129 Å². The number of hydrogen-bond acceptors (Lipinski definition) is 2. The summed E-state index contributed by atoms with van der Waals surface area (Å²) in [6, 6.07) is 8.23. The predicted octanol–water partition coefficient (Wildman–Crippen LogP) is 3.22. The van der Waals surface area contributed by atoms with E-state index in [2.05, 4.69) is 29.6 Å². The minimum Gasteiger partial charge on any atom is -0.323 e. The summed E-state index contributed by atoms with van der Waals surface area (Å²) in [4.78, 5) is 4.72. The van der Waals surface area contributed by atoms with Crippen molar-refractivity contribution in [1.29, 1.82) is 0 Å². The van der Waals surface area contributed by atoms with Gasteiger partial charge in [-0.05, 0) is 26.0 Å². The third-order valence-corrected chi connectivity index (χ3v) is 4.22. The van der Waals surface area contributed by atoms with Crippen LogP contribution < -0.4 is 0 Å². The summed E-state index contributed by atoms with van der Waals surface area (Å²) in [5.74, 6) is 1.61. The first-order valence-electron chi connectivity index (χ1n) is 7.11. The highest BCUT2D eigenvalue weighted by Gasteiger charge is 2.15. The van der Waals surface area contributed by atoms with Crippen LogP contribution in [0.2, 0.25) is 0 Å². The molecule has 1 aromatic carbocycles. The number of halogens is 1. The van der Waals surface area contributed by atoms with Gasteiger partial charge in [0.05, 0.1) is 23.3 Å². The quantitative estimate of drug-likeness (QED) is 0.694. The number of alkyl halides is 1. The maximum Gasteiger partial charge on any atom is 0.111 e. The van der Waals surface area contributed by atoms with Gasteiger partial charge < -0.3 is 4.57 Å². The monoisotopic (exact) mass is 302 g/mol. The molecule has 0 aliphatic heterocycles. The van der Waals surface area contributed by atoms with Gasteiger partial charge in [-0.3, -0.25) is 4.68 Å². The molecule has 0 N–H and O–H groups in total. The van der Waals surface area contributed by atoms with Crippen LogP contribution in [0.4, 0.5) is 0 Å². The van der Waals surface area contributed by atoms with Crippen molar-refractivity contribution in [2.24, 2.45) is 7.05 Å². The molecule has 110 valence electrons. The minimum atomic E-state index is 0.578. The Morgan fingerprint density at radius 2 is 1.95 bits per heavy atom. The number of aryl methyl sites for hydroxylation is 3. The summed E-state index contributed by atoms with van der Waals surface area (Å²) in [7, 11) is 1.98. The fraction of sp³-hybridized carbons (Fsp3) is 0.375. The van der Waals surface area contributed by atoms with Gasteiger partial charge in [0.2, 0.25) is 0 Å². The second-order valence-electron chi connectivity index (χ2n) is 5.31. The lowest BCUT2D eigenvalue weighted by Crippen LogP contribution is -2.07. The Morgan fingerprint density at radius 1 is 1.19 bits per heavy atom. The number of para-hydroxylation sites is 2. The van der Waals surface area contributed by atoms with Gasteiger partial charge in [0.15, 0.2) is 0 Å². The van der Waals surface area contributed by atoms with Crippen LogP contribution in [0.15, 0.2) is 24.3 Å². The van der Waals surface area contributed by atoms with Crippen LogP contribution >= 0.6 is 11.6 Å². The molecule has 0 spiro atoms. The minimum absolute atomic E-state index is 0.578. The highest BCUT2D eigenvalue weighted by atomic mass is 35.5. The summed E-state index contributed by atoms with van der Waals surface area (Å²) < 4.78 is 4.19. The van der Waals surface area contributed by atoms with Gasteiger partial charge in [-0.15, -0.1) is 11.6 Å². The lowest BCUT2D eigenvalue weighted by atomic mass is 10.2. The van der Waals surface area contributed by atoms with Crippen molar-refractivity contribution in [3.05, 3.63) is 47.0 Å². The Bertz CT molecular complexity index is 785. The second kappa shape index (κ2) is 5.53. The van der Waals surface area contributed by atoms with Crippen molar-refractivity contribution in [2.45, 2.75) is 26.8 Å². The standard InChI is InChI=1S/C16H19ClN4/c1-11-13(12(2)20(3)19-11)10-21-15-7-5-4-6-14(15)18-16(21)8-9-17/h4-7H,8-10H2,1-3H3. The number of benzene rings is 1. The topological polar surface area (TPSA) is 35.6 Å². The van der Waals surface area contributed by atoms with Gasteiger partial charge in [0.25, 0.3) is 0 Å². The lowest BCUT2D eigenvalue weighted by Gasteiger charge is -2.09. The van der Waals surface area contributed by atoms with Gasteiger partial charge in [-0.1, -0.05) is 12.1 Å². The SMILES string of the molecule is Cc1nn(C)c(C)c1Cn1c(CCCl)nc2ccccc21. The highest BCUT2D eigenvalue weighted by molar-refractivity contribution is 6.17. The maximum absolute atomic E-state index is 5.94. The molecule has 4 nitrogen and oxygen atoms in total. The number of imidazole rings is 1. The smallest absolute Gasteiger partial charge is 0.111 e. The van der Waals surface area contributed by atoms with Crippen LogP contribution in [0.5, 0.6) is 0 Å². The van der Waals surface area contributed by atoms with E-state index in [4.69, 9.17) is 16.6 Å². The zero-order valence-electron chi connectivity index (χ0n) is 12.6. The number of hydrogen-bond donors (Lipinski definition) is 0. The van der Waals surface area contributed by atoms with Crippen LogP contribution in [0.3, 0.4) is 0 Å². The van der Waals surface area contributed by atoms with Crippen LogP contribution in [0, 0.1) is 13.8 Å². The molecule has 21 heavy (non-hydrogen) atoms. The van der Waals surface area contributed by atoms with Crippen molar-refractivity contribution >= 4 is 22.6 Å². The molecule has 0 amide bonds. The van der Waals surface area contributed by atoms with Gasteiger partial charge >= 0.3 is 0 Å². The molecule has 0 fully saturated rings. The zero-order valence-corrected chi connectivity index (χ0v) is 13.4. The molecule has 0 atom stereocenters. The molecule has 0 aliphatic carbocycles. The van der Waals surface area contributed by atoms with Crippen molar-refractivity contribution in [3.8, 4) is 0 Å². The van der Waals surface area contributed by atoms with E-state index in [1.165, 1.54) is 11.3 Å². The molecule has 2 heterocycles. The van der Waals surface area contributed by atoms with E-state index in [1.807, 2.05) is 29.9 Å². The van der Waals surface area contributed by atoms with E-state index in [0.717, 1.165) is 35.5 Å². The van der Waals surface area contributed by atoms with Crippen LogP contribution in [0.1, 0.15) is 22.8 Å². The highest BCUT2D eigenvalue weighted by Crippen LogP contribution is 2.21. The van der Waals surface area contributed by atoms with E-state index < -0.39 is 0 Å². The van der Waals surface area contributed by atoms with Crippen LogP contribution in [0.25, 0.3) is 11.0 Å². The molecule has 0 unspecified atom stereocenters. The van der Waals surface area contributed by atoms with Crippen molar-refractivity contribution in [1.82, 2.24) is 19.3 Å². The zero-order chi connectivity index (χ0) is 15.0. The molecule has 2 aromatic heterocycles. The van der Waals surface area contributed by atoms with Crippen LogP contribution in [-0.4, -0.2) is 25.2 Å². The number of rotatable bonds is 4. The molecule has 3 aromatic rings. The van der Waals surface area contributed by atoms with Gasteiger partial charge in [-0.25, -0.2) is 4.98 Å². The summed E-state index contributed by atoms with van der Waals surface area (Å²) in [6.07, 6.45) is 0.772. The third kappa shape index (κ3) is 2.44.